The molecule has 0 aliphatic carbocycles. The molecule has 136 valence electrons. The van der Waals surface area contributed by atoms with Crippen molar-refractivity contribution < 1.29 is 4.74 Å². The van der Waals surface area contributed by atoms with Crippen molar-refractivity contribution in [3.63, 3.8) is 0 Å². The molecule has 0 saturated carbocycles. The van der Waals surface area contributed by atoms with Crippen LogP contribution in [0.15, 0.2) is 72.9 Å². The molecule has 4 nitrogen and oxygen atoms in total. The minimum absolute atomic E-state index is 0.227. The first-order valence-electron chi connectivity index (χ1n) is 8.91. The van der Waals surface area contributed by atoms with Crippen LogP contribution in [0.25, 0.3) is 44.2 Å². The fraction of sp³-hybridized carbons (Fsp3) is 0.0435. The summed E-state index contributed by atoms with van der Waals surface area (Å²) < 4.78 is 5.39. The first kappa shape index (κ1) is 16.8. The Hall–Kier alpha value is -3.37. The topological polar surface area (TPSA) is 50.8 Å². The predicted molar refractivity (Wildman–Crippen MR) is 114 cm³/mol. The van der Waals surface area contributed by atoms with Gasteiger partial charge in [-0.05, 0) is 52.2 Å². The molecule has 0 amide bonds. The van der Waals surface area contributed by atoms with E-state index in [-0.39, 0.29) is 5.28 Å². The molecule has 3 aromatic carbocycles. The number of benzene rings is 3. The molecule has 0 fully saturated rings. The largest absolute Gasteiger partial charge is 0.497 e. The van der Waals surface area contributed by atoms with Gasteiger partial charge in [0.2, 0.25) is 5.28 Å². The third kappa shape index (κ3) is 2.79. The first-order chi connectivity index (χ1) is 13.7. The van der Waals surface area contributed by atoms with Crippen LogP contribution < -0.4 is 4.74 Å². The van der Waals surface area contributed by atoms with E-state index in [1.807, 2.05) is 36.4 Å². The van der Waals surface area contributed by atoms with Crippen LogP contribution >= 0.6 is 11.6 Å². The van der Waals surface area contributed by atoms with E-state index < -0.39 is 0 Å². The van der Waals surface area contributed by atoms with E-state index in [4.69, 9.17) is 16.3 Å². The quantitative estimate of drug-likeness (QED) is 0.381. The van der Waals surface area contributed by atoms with Crippen LogP contribution in [0.4, 0.5) is 0 Å². The Morgan fingerprint density at radius 3 is 2.61 bits per heavy atom. The highest BCUT2D eigenvalue weighted by atomic mass is 35.5. The van der Waals surface area contributed by atoms with E-state index in [0.717, 1.165) is 39.2 Å². The van der Waals surface area contributed by atoms with Crippen LogP contribution in [-0.4, -0.2) is 22.1 Å². The molecule has 0 aliphatic heterocycles. The summed E-state index contributed by atoms with van der Waals surface area (Å²) in [6, 6.07) is 22.6. The van der Waals surface area contributed by atoms with Gasteiger partial charge in [0, 0.05) is 23.2 Å². The Labute approximate surface area is 166 Å². The van der Waals surface area contributed by atoms with Gasteiger partial charge in [-0.15, -0.1) is 0 Å². The van der Waals surface area contributed by atoms with Gasteiger partial charge in [-0.25, -0.2) is 9.97 Å². The van der Waals surface area contributed by atoms with Gasteiger partial charge < -0.3 is 9.72 Å². The van der Waals surface area contributed by atoms with E-state index in [0.29, 0.717) is 0 Å². The highest BCUT2D eigenvalue weighted by Gasteiger charge is 2.17. The lowest BCUT2D eigenvalue weighted by molar-refractivity contribution is 0.415. The summed E-state index contributed by atoms with van der Waals surface area (Å²) in [5.74, 6) is 0.797. The van der Waals surface area contributed by atoms with Crippen molar-refractivity contribution in [2.75, 3.05) is 7.11 Å². The van der Waals surface area contributed by atoms with Gasteiger partial charge >= 0.3 is 0 Å². The van der Waals surface area contributed by atoms with Crippen molar-refractivity contribution in [1.82, 2.24) is 15.0 Å². The molecule has 0 atom stereocenters. The number of halogens is 1. The number of nitrogens with one attached hydrogen (secondary N) is 1. The normalized spacial score (nSPS) is 11.2. The van der Waals surface area contributed by atoms with Crippen molar-refractivity contribution in [1.29, 1.82) is 0 Å². The zero-order valence-corrected chi connectivity index (χ0v) is 15.9. The second-order valence-electron chi connectivity index (χ2n) is 6.56. The van der Waals surface area contributed by atoms with E-state index in [1.54, 1.807) is 13.3 Å². The van der Waals surface area contributed by atoms with Crippen molar-refractivity contribution in [2.45, 2.75) is 0 Å². The van der Waals surface area contributed by atoms with Gasteiger partial charge in [0.1, 0.15) is 5.75 Å². The second kappa shape index (κ2) is 6.66. The summed E-state index contributed by atoms with van der Waals surface area (Å²) >= 11 is 6.08. The Balaban J connectivity index is 1.82. The summed E-state index contributed by atoms with van der Waals surface area (Å²) in [5.41, 5.74) is 4.83. The Morgan fingerprint density at radius 2 is 1.79 bits per heavy atom. The van der Waals surface area contributed by atoms with Gasteiger partial charge in [0.15, 0.2) is 0 Å². The van der Waals surface area contributed by atoms with E-state index in [9.17, 15) is 0 Å². The average Bonchev–Trinajstić information content (AvgIpc) is 3.12. The maximum absolute atomic E-state index is 6.08. The number of nitrogens with zero attached hydrogens (tertiary/aromatic N) is 2. The van der Waals surface area contributed by atoms with Crippen molar-refractivity contribution in [3.05, 3.63) is 78.2 Å². The average molecular weight is 386 g/mol. The standard InChI is InChI=1S/C23H16ClN3O/c1-28-17-8-9-18-20(13-17)26-22(21(18)19-10-11-25-23(24)27-19)16-7-6-14-4-2-3-5-15(14)12-16/h2-13,26H,1H3. The molecular weight excluding hydrogens is 370 g/mol. The highest BCUT2D eigenvalue weighted by Crippen LogP contribution is 2.39. The molecule has 2 aromatic heterocycles. The third-order valence-corrected chi connectivity index (χ3v) is 5.11. The summed E-state index contributed by atoms with van der Waals surface area (Å²) in [6.45, 7) is 0. The van der Waals surface area contributed by atoms with Crippen LogP contribution in [0.5, 0.6) is 5.75 Å². The Bertz CT molecular complexity index is 1330. The summed E-state index contributed by atoms with van der Waals surface area (Å²) in [6.07, 6.45) is 1.68. The fourth-order valence-corrected chi connectivity index (χ4v) is 3.75. The summed E-state index contributed by atoms with van der Waals surface area (Å²) in [7, 11) is 1.67. The highest BCUT2D eigenvalue weighted by molar-refractivity contribution is 6.28. The number of methoxy groups -OCH3 is 1. The zero-order valence-electron chi connectivity index (χ0n) is 15.1. The van der Waals surface area contributed by atoms with Gasteiger partial charge in [0.25, 0.3) is 0 Å². The number of aromatic amines is 1. The van der Waals surface area contributed by atoms with Crippen molar-refractivity contribution in [3.8, 4) is 28.3 Å². The maximum atomic E-state index is 6.08. The minimum Gasteiger partial charge on any atom is -0.497 e. The van der Waals surface area contributed by atoms with Gasteiger partial charge in [-0.3, -0.25) is 0 Å². The predicted octanol–water partition coefficient (Wildman–Crippen LogP) is 6.11. The SMILES string of the molecule is COc1ccc2c(-c3ccnc(Cl)n3)c(-c3ccc4ccccc4c3)[nH]c2c1. The Kier molecular flexibility index (Phi) is 3.99. The van der Waals surface area contributed by atoms with Crippen molar-refractivity contribution in [2.24, 2.45) is 0 Å². The number of ether oxygens (including phenoxy) is 1. The Morgan fingerprint density at radius 1 is 0.929 bits per heavy atom. The first-order valence-corrected chi connectivity index (χ1v) is 9.28. The summed E-state index contributed by atoms with van der Waals surface area (Å²) in [4.78, 5) is 12.0. The molecule has 5 aromatic rings. The van der Waals surface area contributed by atoms with Crippen LogP contribution in [0.1, 0.15) is 0 Å². The molecule has 0 bridgehead atoms. The second-order valence-corrected chi connectivity index (χ2v) is 6.90. The van der Waals surface area contributed by atoms with Crippen LogP contribution in [0.2, 0.25) is 5.28 Å². The lowest BCUT2D eigenvalue weighted by Crippen LogP contribution is -1.89. The lowest BCUT2D eigenvalue weighted by atomic mass is 10.00. The molecule has 5 rings (SSSR count). The lowest BCUT2D eigenvalue weighted by Gasteiger charge is -2.07. The van der Waals surface area contributed by atoms with Gasteiger partial charge in [-0.2, -0.15) is 0 Å². The van der Waals surface area contributed by atoms with Crippen LogP contribution in [0, 0.1) is 0 Å². The molecule has 1 N–H and O–H groups in total. The number of H-pyrrole nitrogens is 1. The molecule has 0 saturated heterocycles. The van der Waals surface area contributed by atoms with Crippen LogP contribution in [0.3, 0.4) is 0 Å². The summed E-state index contributed by atoms with van der Waals surface area (Å²) in [5, 5.41) is 3.67. The molecule has 0 radical (unpaired) electrons. The number of hydrogen-bond donors (Lipinski definition) is 1. The maximum Gasteiger partial charge on any atom is 0.222 e. The van der Waals surface area contributed by atoms with Crippen LogP contribution in [-0.2, 0) is 0 Å². The molecule has 2 heterocycles. The van der Waals surface area contributed by atoms with E-state index in [1.165, 1.54) is 10.8 Å². The van der Waals surface area contributed by atoms with E-state index >= 15 is 0 Å². The minimum atomic E-state index is 0.227. The third-order valence-electron chi connectivity index (χ3n) is 4.93. The molecule has 5 heteroatoms. The molecule has 28 heavy (non-hydrogen) atoms. The number of fused-ring (bicyclic) bond motifs is 2. The molecule has 0 aliphatic rings. The monoisotopic (exact) mass is 385 g/mol. The molecule has 0 spiro atoms. The number of hydrogen-bond acceptors (Lipinski definition) is 3. The van der Waals surface area contributed by atoms with E-state index in [2.05, 4.69) is 45.3 Å². The van der Waals surface area contributed by atoms with Crippen molar-refractivity contribution >= 4 is 33.3 Å². The smallest absolute Gasteiger partial charge is 0.222 e. The number of aromatic nitrogens is 3. The number of rotatable bonds is 3. The van der Waals surface area contributed by atoms with Gasteiger partial charge in [0.05, 0.1) is 24.0 Å². The van der Waals surface area contributed by atoms with Gasteiger partial charge in [-0.1, -0.05) is 36.4 Å². The fourth-order valence-electron chi connectivity index (χ4n) is 3.61. The molecule has 0 unspecified atom stereocenters. The zero-order chi connectivity index (χ0) is 19.1. The molecular formula is C23H16ClN3O.